The quantitative estimate of drug-likeness (QED) is 0.475. The van der Waals surface area contributed by atoms with Crippen LogP contribution in [-0.4, -0.2) is 9.55 Å². The van der Waals surface area contributed by atoms with Crippen molar-refractivity contribution < 1.29 is 4.39 Å². The van der Waals surface area contributed by atoms with E-state index in [1.54, 1.807) is 6.07 Å². The number of aryl methyl sites for hydroxylation is 1. The molecule has 19 heavy (non-hydrogen) atoms. The second-order valence-corrected chi connectivity index (χ2v) is 5.88. The summed E-state index contributed by atoms with van der Waals surface area (Å²) in [4.78, 5) is 3.13. The van der Waals surface area contributed by atoms with Crippen LogP contribution in [0.4, 0.5) is 4.39 Å². The molecule has 0 radical (unpaired) electrons. The molecule has 0 saturated heterocycles. The minimum Gasteiger partial charge on any atom is -0.330 e. The van der Waals surface area contributed by atoms with Crippen LogP contribution in [0.3, 0.4) is 0 Å². The second kappa shape index (κ2) is 4.72. The smallest absolute Gasteiger partial charge is 0.182 e. The van der Waals surface area contributed by atoms with Gasteiger partial charge in [0.05, 0.1) is 20.3 Å². The number of rotatable bonds is 1. The van der Waals surface area contributed by atoms with E-state index in [4.69, 9.17) is 12.2 Å². The van der Waals surface area contributed by atoms with Gasteiger partial charge in [-0.2, -0.15) is 0 Å². The van der Waals surface area contributed by atoms with E-state index in [0.29, 0.717) is 8.34 Å². The third kappa shape index (κ3) is 2.10. The molecule has 2 aromatic carbocycles. The van der Waals surface area contributed by atoms with Gasteiger partial charge in [-0.3, -0.25) is 4.57 Å². The van der Waals surface area contributed by atoms with Gasteiger partial charge in [0, 0.05) is 6.07 Å². The number of imidazole rings is 1. The van der Waals surface area contributed by atoms with Crippen LogP contribution in [-0.2, 0) is 0 Å². The molecule has 0 amide bonds. The van der Waals surface area contributed by atoms with Crippen LogP contribution in [0.5, 0.6) is 0 Å². The summed E-state index contributed by atoms with van der Waals surface area (Å²) >= 11 is 7.34. The summed E-state index contributed by atoms with van der Waals surface area (Å²) in [5, 5.41) is 0. The van der Waals surface area contributed by atoms with Crippen molar-refractivity contribution in [1.29, 1.82) is 0 Å². The molecule has 1 heterocycles. The van der Waals surface area contributed by atoms with Crippen molar-refractivity contribution in [2.45, 2.75) is 6.92 Å². The van der Waals surface area contributed by atoms with Gasteiger partial charge >= 0.3 is 0 Å². The average Bonchev–Trinajstić information content (AvgIpc) is 2.66. The van der Waals surface area contributed by atoms with Crippen molar-refractivity contribution in [3.05, 3.63) is 56.1 Å². The van der Waals surface area contributed by atoms with Gasteiger partial charge in [-0.25, -0.2) is 4.39 Å². The summed E-state index contributed by atoms with van der Waals surface area (Å²) in [7, 11) is 0. The van der Waals surface area contributed by atoms with E-state index in [1.165, 1.54) is 6.07 Å². The summed E-state index contributed by atoms with van der Waals surface area (Å²) in [5.41, 5.74) is 3.68. The highest BCUT2D eigenvalue weighted by atomic mass is 127. The lowest BCUT2D eigenvalue weighted by atomic mass is 10.2. The molecular formula is C14H10FIN2S. The molecule has 2 nitrogen and oxygen atoms in total. The van der Waals surface area contributed by atoms with E-state index in [9.17, 15) is 4.39 Å². The van der Waals surface area contributed by atoms with Gasteiger partial charge in [0.2, 0.25) is 0 Å². The molecule has 96 valence electrons. The van der Waals surface area contributed by atoms with Gasteiger partial charge in [0.1, 0.15) is 5.82 Å². The minimum atomic E-state index is -0.232. The maximum absolute atomic E-state index is 13.8. The number of halogens is 2. The number of fused-ring (bicyclic) bond motifs is 1. The van der Waals surface area contributed by atoms with Crippen molar-refractivity contribution in [3.8, 4) is 5.69 Å². The van der Waals surface area contributed by atoms with Crippen LogP contribution in [0.2, 0.25) is 0 Å². The van der Waals surface area contributed by atoms with Gasteiger partial charge in [-0.1, -0.05) is 18.2 Å². The van der Waals surface area contributed by atoms with Gasteiger partial charge < -0.3 is 4.98 Å². The van der Waals surface area contributed by atoms with E-state index in [0.717, 1.165) is 22.3 Å². The number of hydrogen-bond acceptors (Lipinski definition) is 1. The van der Waals surface area contributed by atoms with Crippen LogP contribution >= 0.6 is 34.8 Å². The second-order valence-electron chi connectivity index (χ2n) is 4.34. The van der Waals surface area contributed by atoms with Crippen molar-refractivity contribution in [2.24, 2.45) is 0 Å². The Bertz CT molecular complexity index is 835. The van der Waals surface area contributed by atoms with E-state index in [-0.39, 0.29) is 5.82 Å². The van der Waals surface area contributed by atoms with Crippen molar-refractivity contribution in [1.82, 2.24) is 9.55 Å². The summed E-state index contributed by atoms with van der Waals surface area (Å²) in [6, 6.07) is 11.2. The fourth-order valence-electron chi connectivity index (χ4n) is 2.16. The van der Waals surface area contributed by atoms with Crippen LogP contribution in [0.1, 0.15) is 5.56 Å². The maximum Gasteiger partial charge on any atom is 0.182 e. The topological polar surface area (TPSA) is 20.7 Å². The zero-order chi connectivity index (χ0) is 13.6. The van der Waals surface area contributed by atoms with Gasteiger partial charge in [-0.05, 0) is 59.4 Å². The van der Waals surface area contributed by atoms with Gasteiger partial charge in [0.25, 0.3) is 0 Å². The van der Waals surface area contributed by atoms with Crippen LogP contribution in [0.25, 0.3) is 16.7 Å². The molecule has 1 N–H and O–H groups in total. The Morgan fingerprint density at radius 2 is 2.00 bits per heavy atom. The van der Waals surface area contributed by atoms with Crippen molar-refractivity contribution in [3.63, 3.8) is 0 Å². The van der Waals surface area contributed by atoms with E-state index in [2.05, 4.69) is 4.98 Å². The number of H-pyrrole nitrogens is 1. The third-order valence-electron chi connectivity index (χ3n) is 3.08. The molecule has 3 rings (SSSR count). The molecule has 3 aromatic rings. The first-order valence-electron chi connectivity index (χ1n) is 5.73. The van der Waals surface area contributed by atoms with Crippen molar-refractivity contribution >= 4 is 45.8 Å². The van der Waals surface area contributed by atoms with E-state index < -0.39 is 0 Å². The molecule has 5 heteroatoms. The van der Waals surface area contributed by atoms with E-state index in [1.807, 2.05) is 58.3 Å². The number of aromatic nitrogens is 2. The number of aromatic amines is 1. The monoisotopic (exact) mass is 384 g/mol. The summed E-state index contributed by atoms with van der Waals surface area (Å²) in [6.45, 7) is 2.01. The first kappa shape index (κ1) is 12.8. The Kier molecular flexibility index (Phi) is 3.18. The van der Waals surface area contributed by atoms with Crippen LogP contribution < -0.4 is 0 Å². The molecule has 0 aliphatic heterocycles. The Labute approximate surface area is 128 Å². The lowest BCUT2D eigenvalue weighted by Gasteiger charge is -2.08. The SMILES string of the molecule is Cc1ccccc1-n1c(=S)[nH]c2cc(I)c(F)cc21. The standard InChI is InChI=1S/C14H10FIN2S/c1-8-4-2-3-5-12(8)18-13-6-9(15)10(16)7-11(13)17-14(18)19/h2-7H,1H3,(H,17,19). The zero-order valence-electron chi connectivity index (χ0n) is 10.1. The van der Waals surface area contributed by atoms with Crippen LogP contribution in [0, 0.1) is 21.1 Å². The first-order valence-corrected chi connectivity index (χ1v) is 7.22. The van der Waals surface area contributed by atoms with Gasteiger partial charge in [0.15, 0.2) is 4.77 Å². The highest BCUT2D eigenvalue weighted by Gasteiger charge is 2.11. The number of benzene rings is 2. The molecular weight excluding hydrogens is 374 g/mol. The molecule has 0 spiro atoms. The molecule has 0 saturated carbocycles. The fraction of sp³-hybridized carbons (Fsp3) is 0.0714. The Morgan fingerprint density at radius 1 is 1.26 bits per heavy atom. The fourth-order valence-corrected chi connectivity index (χ4v) is 2.93. The maximum atomic E-state index is 13.8. The van der Waals surface area contributed by atoms with Crippen LogP contribution in [0.15, 0.2) is 36.4 Å². The predicted octanol–water partition coefficient (Wildman–Crippen LogP) is 4.74. The molecule has 0 aliphatic rings. The lowest BCUT2D eigenvalue weighted by molar-refractivity contribution is 0.622. The summed E-state index contributed by atoms with van der Waals surface area (Å²) in [6.07, 6.45) is 0. The Morgan fingerprint density at radius 3 is 2.74 bits per heavy atom. The predicted molar refractivity (Wildman–Crippen MR) is 85.9 cm³/mol. The molecule has 0 fully saturated rings. The van der Waals surface area contributed by atoms with E-state index >= 15 is 0 Å². The minimum absolute atomic E-state index is 0.232. The number of nitrogens with zero attached hydrogens (tertiary/aromatic N) is 1. The van der Waals surface area contributed by atoms with Crippen molar-refractivity contribution in [2.75, 3.05) is 0 Å². The average molecular weight is 384 g/mol. The molecule has 0 bridgehead atoms. The highest BCUT2D eigenvalue weighted by Crippen LogP contribution is 2.25. The molecule has 0 unspecified atom stereocenters. The zero-order valence-corrected chi connectivity index (χ0v) is 13.0. The molecule has 0 aliphatic carbocycles. The largest absolute Gasteiger partial charge is 0.330 e. The number of para-hydroxylation sites is 1. The third-order valence-corrected chi connectivity index (χ3v) is 4.19. The molecule has 0 atom stereocenters. The summed E-state index contributed by atoms with van der Waals surface area (Å²) in [5.74, 6) is -0.232. The number of hydrogen-bond donors (Lipinski definition) is 1. The Balaban J connectivity index is 2.42. The van der Waals surface area contributed by atoms with Gasteiger partial charge in [-0.15, -0.1) is 0 Å². The Hall–Kier alpha value is -1.21. The summed E-state index contributed by atoms with van der Waals surface area (Å²) < 4.78 is 16.8. The first-order chi connectivity index (χ1) is 9.08. The highest BCUT2D eigenvalue weighted by molar-refractivity contribution is 14.1. The number of nitrogens with one attached hydrogen (secondary N) is 1. The lowest BCUT2D eigenvalue weighted by Crippen LogP contribution is -1.97. The molecule has 1 aromatic heterocycles. The normalized spacial score (nSPS) is 11.1.